The van der Waals surface area contributed by atoms with Gasteiger partial charge in [-0.1, -0.05) is 55.7 Å². The highest BCUT2D eigenvalue weighted by atomic mass is 31.0. The van der Waals surface area contributed by atoms with Crippen molar-refractivity contribution in [3.05, 3.63) is 48.0 Å². The summed E-state index contributed by atoms with van der Waals surface area (Å²) in [6, 6.07) is 15.5. The molecule has 0 N–H and O–H groups in total. The lowest BCUT2D eigenvalue weighted by Crippen LogP contribution is -2.15. The standard InChI is InChI=1S/C20H26NP/c1-21(2)19-14-7-6-11-17(19)18-13-8-12-16(20(18)22)15-9-4-3-5-10-15/h6-8,11-15H,3-5,9-10,22H2,1-2H3. The van der Waals surface area contributed by atoms with Gasteiger partial charge in [0.1, 0.15) is 0 Å². The topological polar surface area (TPSA) is 3.24 Å². The van der Waals surface area contributed by atoms with Crippen LogP contribution in [0.1, 0.15) is 43.6 Å². The van der Waals surface area contributed by atoms with Gasteiger partial charge in [-0.2, -0.15) is 0 Å². The normalized spacial score (nSPS) is 15.8. The molecule has 22 heavy (non-hydrogen) atoms. The van der Waals surface area contributed by atoms with Crippen molar-refractivity contribution in [1.29, 1.82) is 0 Å². The molecule has 0 aromatic heterocycles. The summed E-state index contributed by atoms with van der Waals surface area (Å²) in [5.74, 6) is 0.743. The molecule has 1 aliphatic rings. The van der Waals surface area contributed by atoms with Crippen LogP contribution in [-0.2, 0) is 0 Å². The Hall–Kier alpha value is -1.33. The number of rotatable bonds is 3. The Morgan fingerprint density at radius 1 is 0.864 bits per heavy atom. The molecular formula is C20H26NP. The number of hydrogen-bond acceptors (Lipinski definition) is 1. The van der Waals surface area contributed by atoms with Crippen molar-refractivity contribution < 1.29 is 0 Å². The fraction of sp³-hybridized carbons (Fsp3) is 0.400. The molecule has 2 aromatic rings. The average Bonchev–Trinajstić information content (AvgIpc) is 2.56. The van der Waals surface area contributed by atoms with E-state index in [4.69, 9.17) is 0 Å². The summed E-state index contributed by atoms with van der Waals surface area (Å²) in [7, 11) is 7.26. The first-order chi connectivity index (χ1) is 10.7. The zero-order valence-electron chi connectivity index (χ0n) is 13.7. The Morgan fingerprint density at radius 3 is 2.27 bits per heavy atom. The van der Waals surface area contributed by atoms with Crippen molar-refractivity contribution in [2.45, 2.75) is 38.0 Å². The van der Waals surface area contributed by atoms with Crippen LogP contribution in [0.4, 0.5) is 5.69 Å². The van der Waals surface area contributed by atoms with Crippen molar-refractivity contribution in [3.63, 3.8) is 0 Å². The first-order valence-electron chi connectivity index (χ1n) is 8.33. The van der Waals surface area contributed by atoms with Gasteiger partial charge >= 0.3 is 0 Å². The predicted octanol–water partition coefficient (Wildman–Crippen LogP) is 4.97. The van der Waals surface area contributed by atoms with Gasteiger partial charge in [0.15, 0.2) is 0 Å². The fourth-order valence-electron chi connectivity index (χ4n) is 3.68. The van der Waals surface area contributed by atoms with Gasteiger partial charge in [0, 0.05) is 25.3 Å². The Kier molecular flexibility index (Phi) is 4.84. The van der Waals surface area contributed by atoms with E-state index in [-0.39, 0.29) is 0 Å². The molecule has 2 aromatic carbocycles. The summed E-state index contributed by atoms with van der Waals surface area (Å²) in [6.07, 6.45) is 6.87. The van der Waals surface area contributed by atoms with Gasteiger partial charge in [-0.25, -0.2) is 0 Å². The van der Waals surface area contributed by atoms with Crippen LogP contribution in [0.15, 0.2) is 42.5 Å². The van der Waals surface area contributed by atoms with E-state index in [9.17, 15) is 0 Å². The highest BCUT2D eigenvalue weighted by molar-refractivity contribution is 7.28. The van der Waals surface area contributed by atoms with Crippen LogP contribution in [-0.4, -0.2) is 14.1 Å². The molecule has 0 bridgehead atoms. The molecule has 0 amide bonds. The predicted molar refractivity (Wildman–Crippen MR) is 101 cm³/mol. The van der Waals surface area contributed by atoms with E-state index in [2.05, 4.69) is 70.7 Å². The molecule has 1 unspecified atom stereocenters. The maximum absolute atomic E-state index is 3.03. The molecule has 2 heteroatoms. The molecule has 3 rings (SSSR count). The highest BCUT2D eigenvalue weighted by Crippen LogP contribution is 2.36. The Bertz CT molecular complexity index is 642. The number of anilines is 1. The Labute approximate surface area is 136 Å². The zero-order valence-corrected chi connectivity index (χ0v) is 14.8. The second-order valence-electron chi connectivity index (χ2n) is 6.55. The van der Waals surface area contributed by atoms with Crippen LogP contribution in [0.5, 0.6) is 0 Å². The van der Waals surface area contributed by atoms with Gasteiger partial charge in [-0.05, 0) is 41.3 Å². The first-order valence-corrected chi connectivity index (χ1v) is 8.91. The summed E-state index contributed by atoms with van der Waals surface area (Å²) in [4.78, 5) is 2.20. The molecule has 116 valence electrons. The molecule has 1 nitrogen and oxygen atoms in total. The average molecular weight is 311 g/mol. The molecule has 0 heterocycles. The summed E-state index contributed by atoms with van der Waals surface area (Å²) in [5.41, 5.74) is 5.51. The van der Waals surface area contributed by atoms with Gasteiger partial charge in [-0.3, -0.25) is 0 Å². The largest absolute Gasteiger partial charge is 0.377 e. The molecule has 1 aliphatic carbocycles. The minimum Gasteiger partial charge on any atom is -0.377 e. The third kappa shape index (κ3) is 3.06. The van der Waals surface area contributed by atoms with E-state index >= 15 is 0 Å². The van der Waals surface area contributed by atoms with Crippen molar-refractivity contribution >= 4 is 20.2 Å². The van der Waals surface area contributed by atoms with Gasteiger partial charge in [-0.15, -0.1) is 9.24 Å². The van der Waals surface area contributed by atoms with E-state index in [0.29, 0.717) is 0 Å². The lowest BCUT2D eigenvalue weighted by molar-refractivity contribution is 0.445. The van der Waals surface area contributed by atoms with Crippen molar-refractivity contribution in [3.8, 4) is 11.1 Å². The minimum atomic E-state index is 0.743. The van der Waals surface area contributed by atoms with E-state index in [1.807, 2.05) is 0 Å². The van der Waals surface area contributed by atoms with Gasteiger partial charge in [0.05, 0.1) is 0 Å². The smallest absolute Gasteiger partial charge is 0.0440 e. The first kappa shape index (κ1) is 15.6. The molecule has 0 spiro atoms. The second-order valence-corrected chi connectivity index (χ2v) is 7.13. The number of nitrogens with zero attached hydrogens (tertiary/aromatic N) is 1. The van der Waals surface area contributed by atoms with Crippen LogP contribution >= 0.6 is 9.24 Å². The maximum Gasteiger partial charge on any atom is 0.0440 e. The lowest BCUT2D eigenvalue weighted by Gasteiger charge is -2.25. The van der Waals surface area contributed by atoms with Crippen LogP contribution in [0.25, 0.3) is 11.1 Å². The molecule has 1 fully saturated rings. The van der Waals surface area contributed by atoms with Crippen LogP contribution in [0, 0.1) is 0 Å². The van der Waals surface area contributed by atoms with E-state index in [1.54, 1.807) is 0 Å². The van der Waals surface area contributed by atoms with Crippen molar-refractivity contribution in [2.75, 3.05) is 19.0 Å². The summed E-state index contributed by atoms with van der Waals surface area (Å²) < 4.78 is 0. The Balaban J connectivity index is 2.05. The summed E-state index contributed by atoms with van der Waals surface area (Å²) in [5, 5.41) is 1.39. The van der Waals surface area contributed by atoms with E-state index in [0.717, 1.165) is 5.92 Å². The number of hydrogen-bond donors (Lipinski definition) is 0. The third-order valence-electron chi connectivity index (χ3n) is 4.86. The lowest BCUT2D eigenvalue weighted by atomic mass is 9.83. The molecule has 1 saturated carbocycles. The fourth-order valence-corrected chi connectivity index (χ4v) is 4.26. The van der Waals surface area contributed by atoms with Crippen LogP contribution in [0.2, 0.25) is 0 Å². The molecule has 0 radical (unpaired) electrons. The van der Waals surface area contributed by atoms with Gasteiger partial charge in [0.2, 0.25) is 0 Å². The SMILES string of the molecule is CN(C)c1ccccc1-c1cccc(C2CCCCC2)c1P. The van der Waals surface area contributed by atoms with E-state index < -0.39 is 0 Å². The monoisotopic (exact) mass is 311 g/mol. The van der Waals surface area contributed by atoms with Gasteiger partial charge in [0.25, 0.3) is 0 Å². The van der Waals surface area contributed by atoms with E-state index in [1.165, 1.54) is 59.8 Å². The third-order valence-corrected chi connectivity index (χ3v) is 5.51. The molecule has 0 aliphatic heterocycles. The van der Waals surface area contributed by atoms with Crippen LogP contribution < -0.4 is 10.2 Å². The zero-order chi connectivity index (χ0) is 15.5. The highest BCUT2D eigenvalue weighted by Gasteiger charge is 2.19. The Morgan fingerprint density at radius 2 is 1.55 bits per heavy atom. The molecule has 1 atom stereocenters. The summed E-state index contributed by atoms with van der Waals surface area (Å²) >= 11 is 0. The van der Waals surface area contributed by atoms with Crippen LogP contribution in [0.3, 0.4) is 0 Å². The minimum absolute atomic E-state index is 0.743. The maximum atomic E-state index is 3.03. The number of benzene rings is 2. The second kappa shape index (κ2) is 6.84. The molecular weight excluding hydrogens is 285 g/mol. The van der Waals surface area contributed by atoms with Crippen molar-refractivity contribution in [1.82, 2.24) is 0 Å². The quantitative estimate of drug-likeness (QED) is 0.724. The van der Waals surface area contributed by atoms with Crippen molar-refractivity contribution in [2.24, 2.45) is 0 Å². The van der Waals surface area contributed by atoms with Gasteiger partial charge < -0.3 is 4.90 Å². The molecule has 0 saturated heterocycles. The number of para-hydroxylation sites is 1. The summed E-state index contributed by atoms with van der Waals surface area (Å²) in [6.45, 7) is 0.